The first-order valence-electron chi connectivity index (χ1n) is 10.3. The zero-order valence-corrected chi connectivity index (χ0v) is 18.5. The normalized spacial score (nSPS) is 21.3. The summed E-state index contributed by atoms with van der Waals surface area (Å²) in [6.07, 6.45) is 0.360. The molecule has 2 heterocycles. The first-order valence-corrected chi connectivity index (χ1v) is 11.8. The van der Waals surface area contributed by atoms with Crippen molar-refractivity contribution in [3.05, 3.63) is 47.8 Å². The molecule has 1 saturated heterocycles. The number of fused-ring (bicyclic) bond motifs is 1. The Morgan fingerprint density at radius 2 is 1.97 bits per heavy atom. The Balaban J connectivity index is 1.54. The molecule has 1 fully saturated rings. The van der Waals surface area contributed by atoms with Gasteiger partial charge in [-0.2, -0.15) is 4.31 Å². The third kappa shape index (κ3) is 4.33. The van der Waals surface area contributed by atoms with E-state index in [9.17, 15) is 22.4 Å². The average molecular weight is 462 g/mol. The number of hydrogen-bond acceptors (Lipinski definition) is 5. The molecule has 2 aromatic carbocycles. The van der Waals surface area contributed by atoms with E-state index < -0.39 is 27.9 Å². The summed E-state index contributed by atoms with van der Waals surface area (Å²) in [5, 5.41) is 5.43. The van der Waals surface area contributed by atoms with Gasteiger partial charge in [0.25, 0.3) is 5.91 Å². The maximum absolute atomic E-state index is 13.4. The first-order chi connectivity index (χ1) is 15.1. The molecule has 10 heteroatoms. The minimum Gasteiger partial charge on any atom is -0.479 e. The highest BCUT2D eigenvalue weighted by Gasteiger charge is 2.35. The highest BCUT2D eigenvalue weighted by Crippen LogP contribution is 2.36. The van der Waals surface area contributed by atoms with E-state index in [2.05, 4.69) is 10.6 Å². The van der Waals surface area contributed by atoms with Crippen molar-refractivity contribution in [2.45, 2.75) is 37.7 Å². The minimum atomic E-state index is -3.89. The van der Waals surface area contributed by atoms with Crippen LogP contribution >= 0.6 is 0 Å². The van der Waals surface area contributed by atoms with Crippen LogP contribution in [-0.4, -0.2) is 43.7 Å². The highest BCUT2D eigenvalue weighted by molar-refractivity contribution is 7.89. The molecule has 2 atom stereocenters. The molecule has 32 heavy (non-hydrogen) atoms. The molecule has 2 amide bonds. The second-order valence-corrected chi connectivity index (χ2v) is 9.97. The van der Waals surface area contributed by atoms with Crippen molar-refractivity contribution >= 4 is 33.2 Å². The fraction of sp³-hybridized carbons (Fsp3) is 0.364. The van der Waals surface area contributed by atoms with Crippen molar-refractivity contribution in [2.75, 3.05) is 23.7 Å². The average Bonchev–Trinajstić information content (AvgIpc) is 2.76. The van der Waals surface area contributed by atoms with Crippen LogP contribution in [0.2, 0.25) is 0 Å². The summed E-state index contributed by atoms with van der Waals surface area (Å²) in [7, 11) is -3.89. The molecule has 2 aromatic rings. The smallest absolute Gasteiger partial charge is 0.265 e. The number of amides is 2. The summed E-state index contributed by atoms with van der Waals surface area (Å²) >= 11 is 0. The monoisotopic (exact) mass is 461 g/mol. The van der Waals surface area contributed by atoms with Crippen LogP contribution in [0.5, 0.6) is 5.75 Å². The molecule has 0 aliphatic carbocycles. The molecular weight excluding hydrogens is 437 g/mol. The van der Waals surface area contributed by atoms with Crippen LogP contribution in [0.25, 0.3) is 0 Å². The van der Waals surface area contributed by atoms with E-state index in [1.54, 1.807) is 19.9 Å². The van der Waals surface area contributed by atoms with E-state index >= 15 is 0 Å². The Bertz CT molecular complexity index is 1170. The van der Waals surface area contributed by atoms with E-state index in [1.165, 1.54) is 34.6 Å². The van der Waals surface area contributed by atoms with Gasteiger partial charge in [-0.1, -0.05) is 0 Å². The van der Waals surface area contributed by atoms with Gasteiger partial charge in [-0.3, -0.25) is 9.59 Å². The van der Waals surface area contributed by atoms with Gasteiger partial charge in [-0.05, 0) is 62.6 Å². The molecule has 0 bridgehead atoms. The number of benzene rings is 2. The number of carbonyl (C=O) groups excluding carboxylic acids is 2. The Hall–Kier alpha value is -2.98. The van der Waals surface area contributed by atoms with Gasteiger partial charge >= 0.3 is 0 Å². The highest BCUT2D eigenvalue weighted by atomic mass is 32.2. The van der Waals surface area contributed by atoms with Crippen LogP contribution in [-0.2, 0) is 19.6 Å². The molecule has 4 rings (SSSR count). The fourth-order valence-corrected chi connectivity index (χ4v) is 5.66. The summed E-state index contributed by atoms with van der Waals surface area (Å²) in [5.74, 6) is -1.24. The van der Waals surface area contributed by atoms with Gasteiger partial charge in [0, 0.05) is 24.8 Å². The molecule has 0 spiro atoms. The van der Waals surface area contributed by atoms with E-state index in [0.717, 1.165) is 0 Å². The molecule has 170 valence electrons. The molecule has 8 nitrogen and oxygen atoms in total. The van der Waals surface area contributed by atoms with Crippen molar-refractivity contribution < 1.29 is 27.1 Å². The van der Waals surface area contributed by atoms with Crippen LogP contribution in [0.15, 0.2) is 41.3 Å². The van der Waals surface area contributed by atoms with Gasteiger partial charge in [0.15, 0.2) is 6.10 Å². The molecule has 0 aromatic heterocycles. The zero-order chi connectivity index (χ0) is 23.0. The van der Waals surface area contributed by atoms with E-state index in [0.29, 0.717) is 42.1 Å². The number of sulfonamides is 1. The van der Waals surface area contributed by atoms with E-state index in [1.807, 2.05) is 0 Å². The second-order valence-electron chi connectivity index (χ2n) is 8.06. The van der Waals surface area contributed by atoms with Crippen molar-refractivity contribution in [1.82, 2.24) is 4.31 Å². The third-order valence-electron chi connectivity index (χ3n) is 5.69. The van der Waals surface area contributed by atoms with Gasteiger partial charge in [0.1, 0.15) is 11.6 Å². The summed E-state index contributed by atoms with van der Waals surface area (Å²) in [5.41, 5.74) is 1.36. The van der Waals surface area contributed by atoms with Crippen molar-refractivity contribution in [2.24, 2.45) is 5.92 Å². The van der Waals surface area contributed by atoms with Crippen LogP contribution in [0.4, 0.5) is 15.8 Å². The van der Waals surface area contributed by atoms with Gasteiger partial charge in [-0.25, -0.2) is 12.8 Å². The number of aryl methyl sites for hydroxylation is 1. The summed E-state index contributed by atoms with van der Waals surface area (Å²) < 4.78 is 46.8. The summed E-state index contributed by atoms with van der Waals surface area (Å²) in [6.45, 7) is 3.58. The number of nitrogens with zero attached hydrogens (tertiary/aromatic N) is 1. The van der Waals surface area contributed by atoms with Gasteiger partial charge < -0.3 is 15.4 Å². The van der Waals surface area contributed by atoms with Crippen molar-refractivity contribution in [1.29, 1.82) is 0 Å². The van der Waals surface area contributed by atoms with Crippen molar-refractivity contribution in [3.8, 4) is 5.75 Å². The van der Waals surface area contributed by atoms with Crippen LogP contribution in [0.3, 0.4) is 0 Å². The quantitative estimate of drug-likeness (QED) is 0.729. The Morgan fingerprint density at radius 3 is 2.69 bits per heavy atom. The van der Waals surface area contributed by atoms with Gasteiger partial charge in [0.05, 0.1) is 16.5 Å². The van der Waals surface area contributed by atoms with Crippen LogP contribution in [0.1, 0.15) is 25.3 Å². The molecule has 0 saturated carbocycles. The largest absolute Gasteiger partial charge is 0.479 e. The van der Waals surface area contributed by atoms with Crippen molar-refractivity contribution in [3.63, 3.8) is 0 Å². The molecule has 2 N–H and O–H groups in total. The first kappa shape index (κ1) is 22.2. The number of nitrogens with one attached hydrogen (secondary N) is 2. The number of ether oxygens (including phenoxy) is 1. The molecule has 0 radical (unpaired) electrons. The summed E-state index contributed by atoms with van der Waals surface area (Å²) in [6, 6.07) is 8.42. The van der Waals surface area contributed by atoms with E-state index in [-0.39, 0.29) is 23.3 Å². The van der Waals surface area contributed by atoms with Gasteiger partial charge in [-0.15, -0.1) is 0 Å². The Labute approximate surface area is 185 Å². The molecule has 2 aliphatic rings. The zero-order valence-electron chi connectivity index (χ0n) is 17.7. The number of anilines is 2. The lowest BCUT2D eigenvalue weighted by Gasteiger charge is -2.32. The van der Waals surface area contributed by atoms with E-state index in [4.69, 9.17) is 4.74 Å². The predicted octanol–water partition coefficient (Wildman–Crippen LogP) is 2.89. The minimum absolute atomic E-state index is 0.0415. The molecular formula is C22H24FN3O5S. The number of halogens is 1. The summed E-state index contributed by atoms with van der Waals surface area (Å²) in [4.78, 5) is 24.6. The SMILES string of the molecule is Cc1cc2c(cc1S(=O)(=O)N1CCC[C@H](C(=O)Nc3ccc(F)cc3)C1)O[C@@H](C)C(=O)N2. The lowest BCUT2D eigenvalue weighted by atomic mass is 9.99. The predicted molar refractivity (Wildman–Crippen MR) is 116 cm³/mol. The standard InChI is InChI=1S/C22H24FN3O5S/c1-13-10-18-19(31-14(2)21(27)25-18)11-20(13)32(29,30)26-9-3-4-15(12-26)22(28)24-17-7-5-16(23)6-8-17/h5-8,10-11,14-15H,3-4,9,12H2,1-2H3,(H,24,28)(H,25,27)/t14-,15-/m0/s1. The lowest BCUT2D eigenvalue weighted by Crippen LogP contribution is -2.44. The van der Waals surface area contributed by atoms with Crippen LogP contribution < -0.4 is 15.4 Å². The Morgan fingerprint density at radius 1 is 1.25 bits per heavy atom. The van der Waals surface area contributed by atoms with Gasteiger partial charge in [0.2, 0.25) is 15.9 Å². The Kier molecular flexibility index (Phi) is 5.91. The lowest BCUT2D eigenvalue weighted by molar-refractivity contribution is -0.123. The number of rotatable bonds is 4. The number of carbonyl (C=O) groups is 2. The maximum Gasteiger partial charge on any atom is 0.265 e. The molecule has 2 aliphatic heterocycles. The fourth-order valence-electron chi connectivity index (χ4n) is 3.91. The van der Waals surface area contributed by atoms with Crippen LogP contribution in [0, 0.1) is 18.7 Å². The number of piperidine rings is 1. The third-order valence-corrected chi connectivity index (χ3v) is 7.70. The molecule has 0 unspecified atom stereocenters. The number of hydrogen-bond donors (Lipinski definition) is 2. The second kappa shape index (κ2) is 8.51. The topological polar surface area (TPSA) is 105 Å². The maximum atomic E-state index is 13.4.